The first kappa shape index (κ1) is 32.0. The van der Waals surface area contributed by atoms with Crippen LogP contribution >= 0.6 is 23.2 Å². The molecule has 2 aromatic carbocycles. The van der Waals surface area contributed by atoms with Crippen molar-refractivity contribution in [2.24, 2.45) is 0 Å². The molecule has 228 valence electrons. The van der Waals surface area contributed by atoms with Crippen molar-refractivity contribution in [2.45, 2.75) is 32.4 Å². The van der Waals surface area contributed by atoms with Gasteiger partial charge < -0.3 is 14.4 Å². The molecule has 42 heavy (non-hydrogen) atoms. The lowest BCUT2D eigenvalue weighted by Crippen LogP contribution is -2.40. The molecular weight excluding hydrogens is 651 g/mol. The lowest BCUT2D eigenvalue weighted by Gasteiger charge is -2.23. The van der Waals surface area contributed by atoms with Gasteiger partial charge in [-0.05, 0) is 32.1 Å². The molecule has 4 rings (SSSR count). The van der Waals surface area contributed by atoms with Gasteiger partial charge in [0, 0.05) is 24.8 Å². The zero-order chi connectivity index (χ0) is 31.4. The van der Waals surface area contributed by atoms with Gasteiger partial charge in [0.2, 0.25) is 0 Å². The first-order valence-corrected chi connectivity index (χ1v) is 15.9. The zero-order valence-electron chi connectivity index (χ0n) is 21.7. The summed E-state index contributed by atoms with van der Waals surface area (Å²) >= 11 is 11.8. The number of fused-ring (bicyclic) bond motifs is 2. The Bertz CT molecular complexity index is 1860. The number of rotatable bonds is 8. The standard InChI is InChI=1S/C24H22Cl2F4N4O6S2/c1-3-31-19-9-15(25)14(24(28,29)30)8-18(19)33(12-41(35,36)37)22(31)6-5-7-23-32(4-2)20-10-16(26)17(27)11-21(20)34(23)13-42(38,39)40/h5-11H,3-4,12-13H2,1-2H3,(H-,35,36,37,38,39,40). The molecule has 0 atom stereocenters. The van der Waals surface area contributed by atoms with Gasteiger partial charge in [-0.3, -0.25) is 4.55 Å². The fraction of sp³-hybridized carbons (Fsp3) is 0.292. The number of hydrogen-bond acceptors (Lipinski definition) is 7. The highest BCUT2D eigenvalue weighted by Gasteiger charge is 2.39. The van der Waals surface area contributed by atoms with Crippen LogP contribution in [-0.4, -0.2) is 42.9 Å². The van der Waals surface area contributed by atoms with E-state index in [9.17, 15) is 43.5 Å². The molecule has 0 bridgehead atoms. The van der Waals surface area contributed by atoms with E-state index in [4.69, 9.17) is 23.2 Å². The highest BCUT2D eigenvalue weighted by Crippen LogP contribution is 2.47. The van der Waals surface area contributed by atoms with Crippen LogP contribution in [0.4, 0.5) is 28.9 Å². The molecule has 0 saturated heterocycles. The highest BCUT2D eigenvalue weighted by molar-refractivity contribution is 7.85. The molecule has 0 radical (unpaired) electrons. The van der Waals surface area contributed by atoms with Crippen LogP contribution in [-0.2, 0) is 38.8 Å². The summed E-state index contributed by atoms with van der Waals surface area (Å²) in [4.78, 5) is 2.41. The van der Waals surface area contributed by atoms with Crippen molar-refractivity contribution in [3.8, 4) is 0 Å². The number of benzene rings is 2. The molecule has 1 aliphatic rings. The van der Waals surface area contributed by atoms with E-state index in [1.165, 1.54) is 29.2 Å². The Labute approximate surface area is 248 Å². The smallest absolute Gasteiger partial charge is 0.417 e. The van der Waals surface area contributed by atoms with Crippen LogP contribution in [0.1, 0.15) is 25.2 Å². The number of aryl methyl sites for hydroxylation is 1. The van der Waals surface area contributed by atoms with Gasteiger partial charge in [-0.15, -0.1) is 0 Å². The SMILES string of the molecule is CCN1C(=CC=Cc2n(CC)c3cc(Cl)c(F)cc3[n+]2CS(=O)(=O)[O-])N(CS(=O)(=O)O)c2cc(C(F)(F)F)c(Cl)cc21. The average Bonchev–Trinajstić information content (AvgIpc) is 3.26. The second kappa shape index (κ2) is 11.3. The highest BCUT2D eigenvalue weighted by atomic mass is 35.5. The molecular formula is C24H22Cl2F4N4O6S2. The quantitative estimate of drug-likeness (QED) is 0.202. The fourth-order valence-corrected chi connectivity index (χ4v) is 6.39. The van der Waals surface area contributed by atoms with Gasteiger partial charge in [-0.25, -0.2) is 21.9 Å². The van der Waals surface area contributed by atoms with Crippen molar-refractivity contribution < 1.29 is 48.1 Å². The number of anilines is 2. The van der Waals surface area contributed by atoms with Crippen LogP contribution in [0, 0.1) is 5.82 Å². The van der Waals surface area contributed by atoms with Gasteiger partial charge in [0.15, 0.2) is 22.8 Å². The summed E-state index contributed by atoms with van der Waals surface area (Å²) < 4.78 is 126. The number of imidazole rings is 1. The number of aromatic nitrogens is 2. The van der Waals surface area contributed by atoms with Gasteiger partial charge in [0.25, 0.3) is 15.9 Å². The van der Waals surface area contributed by atoms with Gasteiger partial charge in [-0.2, -0.15) is 21.6 Å². The summed E-state index contributed by atoms with van der Waals surface area (Å²) in [6.07, 6.45) is -0.856. The molecule has 1 N–H and O–H groups in total. The molecule has 0 fully saturated rings. The maximum atomic E-state index is 14.3. The normalized spacial score (nSPS) is 15.5. The first-order chi connectivity index (χ1) is 19.4. The van der Waals surface area contributed by atoms with Gasteiger partial charge >= 0.3 is 6.18 Å². The molecule has 3 aromatic rings. The van der Waals surface area contributed by atoms with Crippen molar-refractivity contribution in [1.29, 1.82) is 0 Å². The summed E-state index contributed by atoms with van der Waals surface area (Å²) in [7, 11) is -9.62. The molecule has 0 aliphatic carbocycles. The first-order valence-electron chi connectivity index (χ1n) is 12.0. The topological polar surface area (TPSA) is 127 Å². The van der Waals surface area contributed by atoms with Crippen LogP contribution in [0.5, 0.6) is 0 Å². The molecule has 0 spiro atoms. The molecule has 0 amide bonds. The van der Waals surface area contributed by atoms with E-state index in [2.05, 4.69) is 0 Å². The molecule has 10 nitrogen and oxygen atoms in total. The Morgan fingerprint density at radius 3 is 2.19 bits per heavy atom. The Kier molecular flexibility index (Phi) is 8.63. The summed E-state index contributed by atoms with van der Waals surface area (Å²) in [5.41, 5.74) is -0.901. The predicted octanol–water partition coefficient (Wildman–Crippen LogP) is 4.96. The van der Waals surface area contributed by atoms with Gasteiger partial charge in [0.05, 0.1) is 33.5 Å². The van der Waals surface area contributed by atoms with E-state index < -0.39 is 54.6 Å². The molecule has 0 unspecified atom stereocenters. The number of alkyl halides is 3. The number of halogens is 6. The number of hydrogen-bond donors (Lipinski definition) is 1. The summed E-state index contributed by atoms with van der Waals surface area (Å²) in [5.74, 6) is -2.86. The second-order valence-electron chi connectivity index (χ2n) is 9.06. The minimum Gasteiger partial charge on any atom is -0.745 e. The minimum atomic E-state index is -4.87. The second-order valence-corrected chi connectivity index (χ2v) is 12.7. The van der Waals surface area contributed by atoms with Gasteiger partial charge in [-0.1, -0.05) is 29.3 Å². The third kappa shape index (κ3) is 6.38. The Morgan fingerprint density at radius 1 is 1.00 bits per heavy atom. The van der Waals surface area contributed by atoms with Crippen LogP contribution in [0.2, 0.25) is 10.0 Å². The van der Waals surface area contributed by atoms with E-state index in [-0.39, 0.29) is 46.6 Å². The number of nitrogens with zero attached hydrogens (tertiary/aromatic N) is 4. The predicted molar refractivity (Wildman–Crippen MR) is 148 cm³/mol. The monoisotopic (exact) mass is 672 g/mol. The lowest BCUT2D eigenvalue weighted by atomic mass is 10.1. The number of allylic oxidation sites excluding steroid dienone is 2. The van der Waals surface area contributed by atoms with E-state index >= 15 is 0 Å². The third-order valence-electron chi connectivity index (χ3n) is 6.36. The van der Waals surface area contributed by atoms with E-state index in [1.807, 2.05) is 0 Å². The molecule has 18 heteroatoms. The van der Waals surface area contributed by atoms with Crippen LogP contribution in [0.15, 0.2) is 42.2 Å². The molecule has 0 saturated carbocycles. The van der Waals surface area contributed by atoms with Crippen molar-refractivity contribution in [3.63, 3.8) is 0 Å². The minimum absolute atomic E-state index is 0.0352. The van der Waals surface area contributed by atoms with Crippen molar-refractivity contribution in [2.75, 3.05) is 22.2 Å². The van der Waals surface area contributed by atoms with E-state index in [0.29, 0.717) is 11.6 Å². The van der Waals surface area contributed by atoms with Crippen LogP contribution in [0.3, 0.4) is 0 Å². The van der Waals surface area contributed by atoms with Crippen molar-refractivity contribution in [1.82, 2.24) is 4.57 Å². The molecule has 1 aliphatic heterocycles. The largest absolute Gasteiger partial charge is 0.745 e. The molecule has 2 heterocycles. The fourth-order valence-electron chi connectivity index (χ4n) is 4.78. The van der Waals surface area contributed by atoms with E-state index in [1.54, 1.807) is 18.4 Å². The summed E-state index contributed by atoms with van der Waals surface area (Å²) in [6, 6.07) is 3.95. The Balaban J connectivity index is 1.92. The summed E-state index contributed by atoms with van der Waals surface area (Å²) in [6.45, 7) is 3.70. The maximum Gasteiger partial charge on any atom is 0.417 e. The van der Waals surface area contributed by atoms with Crippen molar-refractivity contribution >= 4 is 71.9 Å². The zero-order valence-corrected chi connectivity index (χ0v) is 24.9. The van der Waals surface area contributed by atoms with Gasteiger partial charge in [0.1, 0.15) is 21.8 Å². The van der Waals surface area contributed by atoms with Crippen molar-refractivity contribution in [3.05, 3.63) is 69.5 Å². The maximum absolute atomic E-state index is 14.3. The summed E-state index contributed by atoms with van der Waals surface area (Å²) in [5, 5.41) is -0.869. The Hall–Kier alpha value is -2.89. The molecule has 1 aromatic heterocycles. The third-order valence-corrected chi connectivity index (χ3v) is 8.12. The van der Waals surface area contributed by atoms with Crippen LogP contribution in [0.25, 0.3) is 17.1 Å². The van der Waals surface area contributed by atoms with Crippen LogP contribution < -0.4 is 14.4 Å². The Morgan fingerprint density at radius 2 is 1.64 bits per heavy atom. The van der Waals surface area contributed by atoms with E-state index in [0.717, 1.165) is 21.6 Å². The lowest BCUT2D eigenvalue weighted by molar-refractivity contribution is -0.654. The average molecular weight is 673 g/mol.